The van der Waals surface area contributed by atoms with E-state index in [1.165, 1.54) is 0 Å². The lowest BCUT2D eigenvalue weighted by molar-refractivity contribution is -0.167. The van der Waals surface area contributed by atoms with Crippen LogP contribution in [0.3, 0.4) is 0 Å². The summed E-state index contributed by atoms with van der Waals surface area (Å²) in [7, 11) is 0. The van der Waals surface area contributed by atoms with Gasteiger partial charge in [0.05, 0.1) is 12.2 Å². The van der Waals surface area contributed by atoms with Gasteiger partial charge in [-0.25, -0.2) is 4.79 Å². The van der Waals surface area contributed by atoms with Gasteiger partial charge >= 0.3 is 12.1 Å². The van der Waals surface area contributed by atoms with Crippen LogP contribution in [0, 0.1) is 11.8 Å². The number of ether oxygens (including phenoxy) is 1. The zero-order chi connectivity index (χ0) is 16.4. The Morgan fingerprint density at radius 3 is 2.43 bits per heavy atom. The highest BCUT2D eigenvalue weighted by Gasteiger charge is 2.46. The van der Waals surface area contributed by atoms with Crippen molar-refractivity contribution in [3.63, 3.8) is 0 Å². The molecule has 118 valence electrons. The van der Waals surface area contributed by atoms with E-state index in [0.29, 0.717) is 0 Å². The SMILES string of the molecule is CCOC(=O)C1=C(Cl)NC=C(C(=O)C(F)(F)F)C1C(C)C. The smallest absolute Gasteiger partial charge is 0.454 e. The number of hydrogen-bond acceptors (Lipinski definition) is 4. The van der Waals surface area contributed by atoms with Crippen molar-refractivity contribution < 1.29 is 27.5 Å². The van der Waals surface area contributed by atoms with E-state index < -0.39 is 35.3 Å². The number of rotatable bonds is 4. The largest absolute Gasteiger partial charge is 0.463 e. The average Bonchev–Trinajstić information content (AvgIpc) is 2.36. The quantitative estimate of drug-likeness (QED) is 0.638. The lowest BCUT2D eigenvalue weighted by Crippen LogP contribution is -2.37. The second-order valence-corrected chi connectivity index (χ2v) is 5.12. The Hall–Kier alpha value is -1.50. The third-order valence-corrected chi connectivity index (χ3v) is 3.23. The standard InChI is InChI=1S/C13H15ClF3NO3/c1-4-21-12(20)9-8(6(2)3)7(5-18-11(9)14)10(19)13(15,16)17/h5-6,8,18H,4H2,1-3H3. The van der Waals surface area contributed by atoms with E-state index >= 15 is 0 Å². The maximum Gasteiger partial charge on any atom is 0.454 e. The van der Waals surface area contributed by atoms with Crippen LogP contribution < -0.4 is 5.32 Å². The molecule has 0 aromatic rings. The molecule has 1 rings (SSSR count). The molecule has 1 unspecified atom stereocenters. The summed E-state index contributed by atoms with van der Waals surface area (Å²) in [4.78, 5) is 23.4. The van der Waals surface area contributed by atoms with Gasteiger partial charge in [0, 0.05) is 17.7 Å². The van der Waals surface area contributed by atoms with Gasteiger partial charge in [-0.2, -0.15) is 13.2 Å². The summed E-state index contributed by atoms with van der Waals surface area (Å²) < 4.78 is 42.8. The van der Waals surface area contributed by atoms with Crippen LogP contribution >= 0.6 is 11.6 Å². The minimum atomic E-state index is -5.02. The number of Topliss-reactive ketones (excluding diaryl/α,β-unsaturated/α-hetero) is 1. The predicted molar refractivity (Wildman–Crippen MR) is 70.1 cm³/mol. The second-order valence-electron chi connectivity index (χ2n) is 4.74. The van der Waals surface area contributed by atoms with Gasteiger partial charge in [0.2, 0.25) is 0 Å². The maximum absolute atomic E-state index is 12.7. The molecule has 0 aromatic carbocycles. The molecule has 0 saturated carbocycles. The van der Waals surface area contributed by atoms with E-state index in [1.807, 2.05) is 0 Å². The van der Waals surface area contributed by atoms with Crippen molar-refractivity contribution in [1.82, 2.24) is 5.32 Å². The number of alkyl halides is 3. The summed E-state index contributed by atoms with van der Waals surface area (Å²) in [6.45, 7) is 4.79. The number of halogens is 4. The Kier molecular flexibility index (Phi) is 5.44. The van der Waals surface area contributed by atoms with Gasteiger partial charge in [-0.15, -0.1) is 0 Å². The minimum absolute atomic E-state index is 0.0452. The van der Waals surface area contributed by atoms with Gasteiger partial charge in [0.25, 0.3) is 5.78 Å². The summed E-state index contributed by atoms with van der Waals surface area (Å²) in [5.74, 6) is -4.36. The van der Waals surface area contributed by atoms with Crippen LogP contribution in [0.25, 0.3) is 0 Å². The highest BCUT2D eigenvalue weighted by atomic mass is 35.5. The van der Waals surface area contributed by atoms with Crippen molar-refractivity contribution in [1.29, 1.82) is 0 Å². The van der Waals surface area contributed by atoms with Crippen LogP contribution in [0.15, 0.2) is 22.5 Å². The number of dihydropyridines is 1. The molecule has 4 nitrogen and oxygen atoms in total. The fraction of sp³-hybridized carbons (Fsp3) is 0.538. The molecule has 0 bridgehead atoms. The van der Waals surface area contributed by atoms with E-state index in [-0.39, 0.29) is 17.3 Å². The second kappa shape index (κ2) is 6.51. The van der Waals surface area contributed by atoms with E-state index in [1.54, 1.807) is 20.8 Å². The van der Waals surface area contributed by atoms with E-state index in [0.717, 1.165) is 6.20 Å². The van der Waals surface area contributed by atoms with Gasteiger partial charge in [0.1, 0.15) is 5.16 Å². The number of nitrogens with one attached hydrogen (secondary N) is 1. The van der Waals surface area contributed by atoms with Gasteiger partial charge in [-0.1, -0.05) is 25.4 Å². The zero-order valence-corrected chi connectivity index (χ0v) is 12.4. The molecule has 0 amide bonds. The first kappa shape index (κ1) is 17.6. The van der Waals surface area contributed by atoms with Crippen molar-refractivity contribution in [3.8, 4) is 0 Å². The van der Waals surface area contributed by atoms with Gasteiger partial charge in [-0.05, 0) is 12.8 Å². The first-order valence-corrected chi connectivity index (χ1v) is 6.63. The Morgan fingerprint density at radius 1 is 1.43 bits per heavy atom. The van der Waals surface area contributed by atoms with E-state index in [4.69, 9.17) is 16.3 Å². The van der Waals surface area contributed by atoms with Crippen LogP contribution in [0.5, 0.6) is 0 Å². The number of ketones is 1. The molecule has 1 aliphatic heterocycles. The molecule has 0 saturated heterocycles. The van der Waals surface area contributed by atoms with Gasteiger partial charge in [-0.3, -0.25) is 4.79 Å². The minimum Gasteiger partial charge on any atom is -0.463 e. The number of carbonyl (C=O) groups is 2. The number of allylic oxidation sites excluding steroid dienone is 1. The first-order chi connectivity index (χ1) is 9.61. The van der Waals surface area contributed by atoms with Crippen molar-refractivity contribution in [2.24, 2.45) is 11.8 Å². The molecular formula is C13H15ClF3NO3. The third kappa shape index (κ3) is 3.78. The Morgan fingerprint density at radius 2 is 2.00 bits per heavy atom. The predicted octanol–water partition coefficient (Wildman–Crippen LogP) is 2.89. The van der Waals surface area contributed by atoms with Crippen molar-refractivity contribution in [2.75, 3.05) is 6.61 Å². The van der Waals surface area contributed by atoms with Crippen LogP contribution in [-0.4, -0.2) is 24.5 Å². The van der Waals surface area contributed by atoms with Crippen molar-refractivity contribution >= 4 is 23.4 Å². The van der Waals surface area contributed by atoms with Crippen LogP contribution in [0.2, 0.25) is 0 Å². The van der Waals surface area contributed by atoms with E-state index in [9.17, 15) is 22.8 Å². The number of esters is 1. The Balaban J connectivity index is 3.27. The van der Waals surface area contributed by atoms with Crippen molar-refractivity contribution in [2.45, 2.75) is 26.9 Å². The molecule has 8 heteroatoms. The summed E-state index contributed by atoms with van der Waals surface area (Å²) in [6, 6.07) is 0. The fourth-order valence-electron chi connectivity index (χ4n) is 2.09. The molecule has 21 heavy (non-hydrogen) atoms. The van der Waals surface area contributed by atoms with Crippen LogP contribution in [0.4, 0.5) is 13.2 Å². The number of carbonyl (C=O) groups excluding carboxylic acids is 2. The molecule has 0 aromatic heterocycles. The van der Waals surface area contributed by atoms with E-state index in [2.05, 4.69) is 5.32 Å². The van der Waals surface area contributed by atoms with Crippen LogP contribution in [0.1, 0.15) is 20.8 Å². The highest BCUT2D eigenvalue weighted by molar-refractivity contribution is 6.31. The molecular weight excluding hydrogens is 311 g/mol. The summed E-state index contributed by atoms with van der Waals surface area (Å²) in [5.41, 5.74) is -0.714. The Labute approximate surface area is 125 Å². The summed E-state index contributed by atoms with van der Waals surface area (Å²) >= 11 is 5.87. The highest BCUT2D eigenvalue weighted by Crippen LogP contribution is 2.37. The van der Waals surface area contributed by atoms with Crippen LogP contribution in [-0.2, 0) is 14.3 Å². The number of hydrogen-bond donors (Lipinski definition) is 1. The summed E-state index contributed by atoms with van der Waals surface area (Å²) in [5, 5.41) is 2.19. The molecule has 0 aliphatic carbocycles. The lowest BCUT2D eigenvalue weighted by atomic mass is 9.79. The zero-order valence-electron chi connectivity index (χ0n) is 11.7. The molecule has 0 radical (unpaired) electrons. The Bertz CT molecular complexity index is 509. The molecule has 0 fully saturated rings. The molecule has 1 N–H and O–H groups in total. The summed E-state index contributed by atoms with van der Waals surface area (Å²) in [6.07, 6.45) is -4.13. The monoisotopic (exact) mass is 325 g/mol. The van der Waals surface area contributed by atoms with Gasteiger partial charge < -0.3 is 10.1 Å². The first-order valence-electron chi connectivity index (χ1n) is 6.26. The van der Waals surface area contributed by atoms with Gasteiger partial charge in [0.15, 0.2) is 0 Å². The molecule has 1 aliphatic rings. The third-order valence-electron chi connectivity index (χ3n) is 2.92. The topological polar surface area (TPSA) is 55.4 Å². The maximum atomic E-state index is 12.7. The molecule has 1 heterocycles. The normalized spacial score (nSPS) is 19.2. The molecule has 0 spiro atoms. The lowest BCUT2D eigenvalue weighted by Gasteiger charge is -2.29. The fourth-order valence-corrected chi connectivity index (χ4v) is 2.34. The molecule has 1 atom stereocenters. The van der Waals surface area contributed by atoms with Crippen molar-refractivity contribution in [3.05, 3.63) is 22.5 Å². The average molecular weight is 326 g/mol.